The molecule has 0 spiro atoms. The standard InChI is InChI=1S/C57H44N2/c1-4-5-6-18-37(2)54-38(3)19-13-27-44(54)46-29-16-33-52-56(46)48-25-9-11-31-50(48)58(52)41-22-15-23-42(36-41)59-51-32-12-10-26-49(51)57-47(30-17-34-53(57)59)45-28-14-21-40-35-39-20-7-8-24-43(39)55(40)45/h4-6,8-19,21-34,36H,2,7,20,35H2,1,3H3/b5-4-,18-6-. The van der Waals surface area contributed by atoms with Crippen molar-refractivity contribution in [2.24, 2.45) is 0 Å². The quantitative estimate of drug-likeness (QED) is 0.143. The first kappa shape index (κ1) is 35.0. The molecule has 2 aromatic heterocycles. The van der Waals surface area contributed by atoms with Crippen LogP contribution in [0.15, 0.2) is 194 Å². The molecule has 0 amide bonds. The lowest BCUT2D eigenvalue weighted by Gasteiger charge is -2.15. The van der Waals surface area contributed by atoms with Crippen molar-refractivity contribution in [3.63, 3.8) is 0 Å². The third-order valence-corrected chi connectivity index (χ3v) is 12.6. The second-order valence-electron chi connectivity index (χ2n) is 16.0. The monoisotopic (exact) mass is 756 g/mol. The molecule has 0 unspecified atom stereocenters. The van der Waals surface area contributed by atoms with E-state index in [4.69, 9.17) is 0 Å². The number of hydrogen-bond acceptors (Lipinski definition) is 0. The summed E-state index contributed by atoms with van der Waals surface area (Å²) in [5.74, 6) is 0. The minimum atomic E-state index is 1.00. The van der Waals surface area contributed by atoms with Crippen LogP contribution in [-0.4, -0.2) is 9.13 Å². The highest BCUT2D eigenvalue weighted by atomic mass is 15.0. The molecule has 59 heavy (non-hydrogen) atoms. The Morgan fingerprint density at radius 1 is 0.593 bits per heavy atom. The van der Waals surface area contributed by atoms with Crippen molar-refractivity contribution in [1.82, 2.24) is 9.13 Å². The van der Waals surface area contributed by atoms with Crippen molar-refractivity contribution in [3.05, 3.63) is 216 Å². The highest BCUT2D eigenvalue weighted by molar-refractivity contribution is 6.18. The summed E-state index contributed by atoms with van der Waals surface area (Å²) in [5.41, 5.74) is 21.4. The van der Waals surface area contributed by atoms with Crippen molar-refractivity contribution in [2.75, 3.05) is 0 Å². The van der Waals surface area contributed by atoms with Crippen LogP contribution in [0, 0.1) is 6.92 Å². The van der Waals surface area contributed by atoms with Gasteiger partial charge in [-0.05, 0) is 131 Å². The Morgan fingerprint density at radius 2 is 1.17 bits per heavy atom. The number of allylic oxidation sites excluding steroid dienone is 9. The van der Waals surface area contributed by atoms with Gasteiger partial charge in [-0.1, -0.05) is 152 Å². The van der Waals surface area contributed by atoms with E-state index < -0.39 is 0 Å². The number of para-hydroxylation sites is 2. The molecule has 0 saturated carbocycles. The minimum absolute atomic E-state index is 1.00. The van der Waals surface area contributed by atoms with Gasteiger partial charge in [-0.25, -0.2) is 0 Å². The Morgan fingerprint density at radius 3 is 1.86 bits per heavy atom. The summed E-state index contributed by atoms with van der Waals surface area (Å²) in [6.07, 6.45) is 16.4. The highest BCUT2D eigenvalue weighted by Crippen LogP contribution is 2.47. The molecule has 0 N–H and O–H groups in total. The van der Waals surface area contributed by atoms with Crippen LogP contribution in [0.5, 0.6) is 0 Å². The van der Waals surface area contributed by atoms with E-state index in [2.05, 4.69) is 199 Å². The van der Waals surface area contributed by atoms with Crippen LogP contribution in [-0.2, 0) is 6.42 Å². The zero-order valence-electron chi connectivity index (χ0n) is 33.5. The molecule has 282 valence electrons. The van der Waals surface area contributed by atoms with E-state index in [1.165, 1.54) is 93.7 Å². The average molecular weight is 757 g/mol. The molecule has 2 nitrogen and oxygen atoms in total. The van der Waals surface area contributed by atoms with Crippen LogP contribution in [0.1, 0.15) is 42.0 Å². The van der Waals surface area contributed by atoms with Crippen molar-refractivity contribution in [2.45, 2.75) is 33.1 Å². The lowest BCUT2D eigenvalue weighted by Crippen LogP contribution is -1.99. The van der Waals surface area contributed by atoms with Crippen molar-refractivity contribution in [3.8, 4) is 33.6 Å². The number of hydrogen-bond donors (Lipinski definition) is 0. The molecule has 2 heterocycles. The molecule has 2 aliphatic rings. The van der Waals surface area contributed by atoms with Crippen molar-refractivity contribution in [1.29, 1.82) is 0 Å². The Bertz CT molecular complexity index is 3330. The molecule has 9 aromatic rings. The van der Waals surface area contributed by atoms with Gasteiger partial charge in [0.25, 0.3) is 0 Å². The molecule has 0 bridgehead atoms. The second-order valence-corrected chi connectivity index (χ2v) is 16.0. The van der Waals surface area contributed by atoms with Gasteiger partial charge in [-0.2, -0.15) is 0 Å². The SMILES string of the molecule is C=C(/C=C\C=C/C)c1c(C)cccc1-c1cccc2c1c1ccccc1n2-c1cccc(-n2c3ccccc3c3c(-c4cccc5c4C4=C(CCC=C4)C5)cccc32)c1. The van der Waals surface area contributed by atoms with Crippen LogP contribution in [0.25, 0.3) is 88.4 Å². The van der Waals surface area contributed by atoms with Crippen LogP contribution in [0.3, 0.4) is 0 Å². The molecular weight excluding hydrogens is 713 g/mol. The second kappa shape index (κ2) is 14.0. The van der Waals surface area contributed by atoms with E-state index in [9.17, 15) is 0 Å². The first-order chi connectivity index (χ1) is 29.1. The van der Waals surface area contributed by atoms with E-state index in [0.717, 1.165) is 36.2 Å². The van der Waals surface area contributed by atoms with Crippen LogP contribution in [0.4, 0.5) is 0 Å². The Labute approximate surface area is 345 Å². The predicted molar refractivity (Wildman–Crippen MR) is 253 cm³/mol. The lowest BCUT2D eigenvalue weighted by molar-refractivity contribution is 0.935. The van der Waals surface area contributed by atoms with E-state index >= 15 is 0 Å². The minimum Gasteiger partial charge on any atom is -0.309 e. The van der Waals surface area contributed by atoms with Crippen molar-refractivity contribution < 1.29 is 0 Å². The van der Waals surface area contributed by atoms with Gasteiger partial charge >= 0.3 is 0 Å². The maximum atomic E-state index is 4.54. The molecule has 0 atom stereocenters. The molecule has 11 rings (SSSR count). The Kier molecular flexibility index (Phi) is 8.34. The number of nitrogens with zero attached hydrogens (tertiary/aromatic N) is 2. The summed E-state index contributed by atoms with van der Waals surface area (Å²) in [5, 5.41) is 5.04. The predicted octanol–water partition coefficient (Wildman–Crippen LogP) is 15.3. The molecule has 0 fully saturated rings. The fourth-order valence-corrected chi connectivity index (χ4v) is 10.2. The van der Waals surface area contributed by atoms with Gasteiger partial charge in [-0.15, -0.1) is 0 Å². The number of aromatic nitrogens is 2. The van der Waals surface area contributed by atoms with Gasteiger partial charge in [0, 0.05) is 32.9 Å². The topological polar surface area (TPSA) is 9.86 Å². The van der Waals surface area contributed by atoms with Gasteiger partial charge in [0.1, 0.15) is 0 Å². The normalized spacial score (nSPS) is 13.9. The largest absolute Gasteiger partial charge is 0.309 e. The van der Waals surface area contributed by atoms with Gasteiger partial charge in [0.15, 0.2) is 0 Å². The molecule has 0 radical (unpaired) electrons. The van der Waals surface area contributed by atoms with Gasteiger partial charge in [-0.3, -0.25) is 0 Å². The molecule has 0 saturated heterocycles. The lowest BCUT2D eigenvalue weighted by atomic mass is 9.89. The first-order valence-corrected chi connectivity index (χ1v) is 20.9. The number of benzene rings is 7. The van der Waals surface area contributed by atoms with Crippen LogP contribution < -0.4 is 0 Å². The van der Waals surface area contributed by atoms with E-state index in [0.29, 0.717) is 0 Å². The Hall–Kier alpha value is -7.16. The smallest absolute Gasteiger partial charge is 0.0547 e. The van der Waals surface area contributed by atoms with E-state index in [1.807, 2.05) is 13.0 Å². The average Bonchev–Trinajstić information content (AvgIpc) is 3.94. The fourth-order valence-electron chi connectivity index (χ4n) is 10.2. The van der Waals surface area contributed by atoms with Crippen LogP contribution in [0.2, 0.25) is 0 Å². The zero-order chi connectivity index (χ0) is 39.6. The summed E-state index contributed by atoms with van der Waals surface area (Å²) in [7, 11) is 0. The summed E-state index contributed by atoms with van der Waals surface area (Å²) in [6, 6.07) is 54.0. The molecule has 0 aliphatic heterocycles. The first-order valence-electron chi connectivity index (χ1n) is 20.9. The molecule has 2 heteroatoms. The van der Waals surface area contributed by atoms with Gasteiger partial charge in [0.2, 0.25) is 0 Å². The van der Waals surface area contributed by atoms with Gasteiger partial charge in [0.05, 0.1) is 22.1 Å². The number of rotatable bonds is 7. The van der Waals surface area contributed by atoms with Crippen molar-refractivity contribution >= 4 is 54.8 Å². The fraction of sp³-hybridized carbons (Fsp3) is 0.0877. The Balaban J connectivity index is 1.11. The van der Waals surface area contributed by atoms with Crippen LogP contribution >= 0.6 is 0 Å². The maximum Gasteiger partial charge on any atom is 0.0547 e. The molecule has 7 aromatic carbocycles. The summed E-state index contributed by atoms with van der Waals surface area (Å²) >= 11 is 0. The maximum absolute atomic E-state index is 4.54. The van der Waals surface area contributed by atoms with E-state index in [-0.39, 0.29) is 0 Å². The highest BCUT2D eigenvalue weighted by Gasteiger charge is 2.26. The third kappa shape index (κ3) is 5.47. The zero-order valence-corrected chi connectivity index (χ0v) is 33.5. The third-order valence-electron chi connectivity index (χ3n) is 12.6. The summed E-state index contributed by atoms with van der Waals surface area (Å²) in [6.45, 7) is 8.76. The summed E-state index contributed by atoms with van der Waals surface area (Å²) < 4.78 is 4.92. The molecular formula is C57H44N2. The van der Waals surface area contributed by atoms with Gasteiger partial charge < -0.3 is 9.13 Å². The number of aryl methyl sites for hydroxylation is 1. The molecule has 2 aliphatic carbocycles. The number of fused-ring (bicyclic) bond motifs is 8. The van der Waals surface area contributed by atoms with E-state index in [1.54, 1.807) is 5.57 Å². The summed E-state index contributed by atoms with van der Waals surface area (Å²) in [4.78, 5) is 0.